The number of nitrogens with zero attached hydrogens (tertiary/aromatic N) is 1. The molecule has 7 heteroatoms. The fourth-order valence-electron chi connectivity index (χ4n) is 4.47. The molecule has 0 bridgehead atoms. The summed E-state index contributed by atoms with van der Waals surface area (Å²) in [6.07, 6.45) is -0.119. The Morgan fingerprint density at radius 3 is 2.22 bits per heavy atom. The summed E-state index contributed by atoms with van der Waals surface area (Å²) in [6.45, 7) is 1.91. The molecule has 0 saturated carbocycles. The fraction of sp³-hybridized carbons (Fsp3) is 0.103. The van der Waals surface area contributed by atoms with Crippen molar-refractivity contribution < 1.29 is 23.8 Å². The summed E-state index contributed by atoms with van der Waals surface area (Å²) in [4.78, 5) is 25.5. The zero-order chi connectivity index (χ0) is 25.2. The fourth-order valence-corrected chi connectivity index (χ4v) is 4.47. The Morgan fingerprint density at radius 1 is 0.972 bits per heavy atom. The molecule has 0 radical (unpaired) electrons. The third-order valence-electron chi connectivity index (χ3n) is 6.15. The molecular formula is C29H23FN2O4. The van der Waals surface area contributed by atoms with Crippen molar-refractivity contribution >= 4 is 17.6 Å². The number of rotatable bonds is 6. The Labute approximate surface area is 207 Å². The van der Waals surface area contributed by atoms with Crippen LogP contribution < -0.4 is 5.32 Å². The minimum absolute atomic E-state index is 0.101. The van der Waals surface area contributed by atoms with Crippen LogP contribution >= 0.6 is 0 Å². The van der Waals surface area contributed by atoms with E-state index in [1.54, 1.807) is 24.3 Å². The molecule has 6 nitrogen and oxygen atoms in total. The molecule has 1 aromatic heterocycles. The third kappa shape index (κ3) is 4.44. The molecule has 1 unspecified atom stereocenters. The second kappa shape index (κ2) is 9.64. The Hall–Kier alpha value is -4.49. The number of carbonyl (C=O) groups excluding carboxylic acids is 2. The SMILES string of the molecule is Cc1c(C(=O)Nc2ccccc2)c(-c2ccccc2)c(-c2ccc(F)cc2)n1CC1=CC(=O)OC1O. The van der Waals surface area contributed by atoms with Crippen LogP contribution in [0.4, 0.5) is 10.1 Å². The van der Waals surface area contributed by atoms with Crippen molar-refractivity contribution in [3.8, 4) is 22.4 Å². The lowest BCUT2D eigenvalue weighted by molar-refractivity contribution is -0.151. The van der Waals surface area contributed by atoms with E-state index in [1.165, 1.54) is 18.2 Å². The summed E-state index contributed by atoms with van der Waals surface area (Å²) in [5.74, 6) is -1.33. The van der Waals surface area contributed by atoms with Gasteiger partial charge in [-0.3, -0.25) is 4.79 Å². The van der Waals surface area contributed by atoms with Gasteiger partial charge in [-0.2, -0.15) is 0 Å². The van der Waals surface area contributed by atoms with Crippen LogP contribution in [0, 0.1) is 12.7 Å². The first-order valence-corrected chi connectivity index (χ1v) is 11.4. The number of amides is 1. The van der Waals surface area contributed by atoms with Crippen LogP contribution in [0.5, 0.6) is 0 Å². The third-order valence-corrected chi connectivity index (χ3v) is 6.15. The van der Waals surface area contributed by atoms with Gasteiger partial charge in [-0.25, -0.2) is 9.18 Å². The number of aliphatic hydroxyl groups excluding tert-OH is 1. The maximum Gasteiger partial charge on any atom is 0.333 e. The number of nitrogens with one attached hydrogen (secondary N) is 1. The van der Waals surface area contributed by atoms with Crippen molar-refractivity contribution in [2.75, 3.05) is 5.32 Å². The number of halogens is 1. The molecule has 0 saturated heterocycles. The van der Waals surface area contributed by atoms with Gasteiger partial charge in [-0.15, -0.1) is 0 Å². The monoisotopic (exact) mass is 482 g/mol. The Morgan fingerprint density at radius 2 is 1.61 bits per heavy atom. The highest BCUT2D eigenvalue weighted by Crippen LogP contribution is 2.40. The van der Waals surface area contributed by atoms with Crippen molar-refractivity contribution in [3.63, 3.8) is 0 Å². The van der Waals surface area contributed by atoms with Gasteiger partial charge in [0.2, 0.25) is 6.29 Å². The van der Waals surface area contributed by atoms with Gasteiger partial charge in [-0.05, 0) is 54.4 Å². The molecule has 0 fully saturated rings. The molecule has 1 atom stereocenters. The number of aliphatic hydroxyl groups is 1. The number of cyclic esters (lactones) is 1. The second-order valence-corrected chi connectivity index (χ2v) is 8.47. The largest absolute Gasteiger partial charge is 0.429 e. The van der Waals surface area contributed by atoms with Crippen LogP contribution in [0.25, 0.3) is 22.4 Å². The minimum Gasteiger partial charge on any atom is -0.429 e. The van der Waals surface area contributed by atoms with Crippen LogP contribution in [0.3, 0.4) is 0 Å². The van der Waals surface area contributed by atoms with Crippen LogP contribution in [0.1, 0.15) is 16.1 Å². The maximum absolute atomic E-state index is 13.8. The first-order valence-electron chi connectivity index (χ1n) is 11.4. The maximum atomic E-state index is 13.8. The van der Waals surface area contributed by atoms with Gasteiger partial charge in [0, 0.05) is 28.6 Å². The molecule has 0 aliphatic carbocycles. The van der Waals surface area contributed by atoms with E-state index in [2.05, 4.69) is 5.32 Å². The molecular weight excluding hydrogens is 459 g/mol. The lowest BCUT2D eigenvalue weighted by Gasteiger charge is -2.15. The van der Waals surface area contributed by atoms with E-state index in [4.69, 9.17) is 4.74 Å². The lowest BCUT2D eigenvalue weighted by Crippen LogP contribution is -2.16. The summed E-state index contributed by atoms with van der Waals surface area (Å²) < 4.78 is 20.6. The highest BCUT2D eigenvalue weighted by atomic mass is 19.1. The summed E-state index contributed by atoms with van der Waals surface area (Å²) in [5.41, 5.74) is 4.85. The summed E-state index contributed by atoms with van der Waals surface area (Å²) >= 11 is 0. The second-order valence-electron chi connectivity index (χ2n) is 8.47. The van der Waals surface area contributed by atoms with Crippen LogP contribution in [0.15, 0.2) is 96.6 Å². The molecule has 180 valence electrons. The van der Waals surface area contributed by atoms with Crippen LogP contribution in [-0.4, -0.2) is 27.8 Å². The summed E-state index contributed by atoms with van der Waals surface area (Å²) in [6, 6.07) is 24.6. The zero-order valence-corrected chi connectivity index (χ0v) is 19.4. The molecule has 1 amide bonds. The van der Waals surface area contributed by atoms with E-state index in [0.717, 1.165) is 5.56 Å². The van der Waals surface area contributed by atoms with E-state index in [1.807, 2.05) is 60.0 Å². The van der Waals surface area contributed by atoms with Crippen LogP contribution in [-0.2, 0) is 16.1 Å². The Bertz CT molecular complexity index is 1460. The first-order chi connectivity index (χ1) is 17.4. The molecule has 4 aromatic rings. The Kier molecular flexibility index (Phi) is 6.23. The van der Waals surface area contributed by atoms with Gasteiger partial charge in [0.25, 0.3) is 5.91 Å². The van der Waals surface area contributed by atoms with Gasteiger partial charge < -0.3 is 19.7 Å². The van der Waals surface area contributed by atoms with Gasteiger partial charge in [0.05, 0.1) is 17.8 Å². The average Bonchev–Trinajstić information content (AvgIpc) is 3.35. The number of ether oxygens (including phenoxy) is 1. The van der Waals surface area contributed by atoms with Crippen molar-refractivity contribution in [1.29, 1.82) is 0 Å². The highest BCUT2D eigenvalue weighted by molar-refractivity contribution is 6.12. The van der Waals surface area contributed by atoms with Gasteiger partial charge >= 0.3 is 5.97 Å². The number of hydrogen-bond donors (Lipinski definition) is 2. The molecule has 5 rings (SSSR count). The predicted octanol–water partition coefficient (Wildman–Crippen LogP) is 5.32. The zero-order valence-electron chi connectivity index (χ0n) is 19.4. The van der Waals surface area contributed by atoms with Crippen molar-refractivity contribution in [3.05, 3.63) is 114 Å². The Balaban J connectivity index is 1.75. The van der Waals surface area contributed by atoms with E-state index >= 15 is 0 Å². The van der Waals surface area contributed by atoms with Gasteiger partial charge in [0.15, 0.2) is 0 Å². The predicted molar refractivity (Wildman–Crippen MR) is 135 cm³/mol. The average molecular weight is 483 g/mol. The normalized spacial score (nSPS) is 14.9. The van der Waals surface area contributed by atoms with E-state index < -0.39 is 12.3 Å². The van der Waals surface area contributed by atoms with Crippen molar-refractivity contribution in [2.45, 2.75) is 19.8 Å². The molecule has 3 aromatic carbocycles. The number of esters is 1. The van der Waals surface area contributed by atoms with E-state index in [0.29, 0.717) is 39.3 Å². The molecule has 1 aliphatic heterocycles. The standard InChI is InChI=1S/C29H23FN2O4/c1-18-25(28(34)31-23-10-6-3-7-11-23)26(19-8-4-2-5-9-19)27(20-12-14-22(30)15-13-20)32(18)17-21-16-24(33)36-29(21)35/h2-16,29,35H,17H2,1H3,(H,31,34). The van der Waals surface area contributed by atoms with E-state index in [-0.39, 0.29) is 18.3 Å². The van der Waals surface area contributed by atoms with Crippen molar-refractivity contribution in [1.82, 2.24) is 4.57 Å². The number of para-hydroxylation sites is 1. The number of hydrogen-bond acceptors (Lipinski definition) is 4. The van der Waals surface area contributed by atoms with Crippen LogP contribution in [0.2, 0.25) is 0 Å². The lowest BCUT2D eigenvalue weighted by atomic mass is 9.96. The quantitative estimate of drug-likeness (QED) is 0.365. The molecule has 36 heavy (non-hydrogen) atoms. The van der Waals surface area contributed by atoms with Gasteiger partial charge in [0.1, 0.15) is 5.82 Å². The molecule has 2 heterocycles. The number of aromatic nitrogens is 1. The van der Waals surface area contributed by atoms with Gasteiger partial charge in [-0.1, -0.05) is 48.5 Å². The number of anilines is 1. The molecule has 2 N–H and O–H groups in total. The smallest absolute Gasteiger partial charge is 0.333 e. The number of carbonyl (C=O) groups is 2. The van der Waals surface area contributed by atoms with E-state index in [9.17, 15) is 19.1 Å². The minimum atomic E-state index is -1.37. The first kappa shape index (κ1) is 23.3. The molecule has 1 aliphatic rings. The molecule has 0 spiro atoms. The number of benzene rings is 3. The summed E-state index contributed by atoms with van der Waals surface area (Å²) in [7, 11) is 0. The topological polar surface area (TPSA) is 80.6 Å². The van der Waals surface area contributed by atoms with Crippen molar-refractivity contribution in [2.24, 2.45) is 0 Å². The highest BCUT2D eigenvalue weighted by Gasteiger charge is 2.30. The summed E-state index contributed by atoms with van der Waals surface area (Å²) in [5, 5.41) is 13.2.